The van der Waals surface area contributed by atoms with Gasteiger partial charge in [0.1, 0.15) is 6.10 Å². The van der Waals surface area contributed by atoms with Crippen molar-refractivity contribution in [2.24, 2.45) is 0 Å². The van der Waals surface area contributed by atoms with Crippen LogP contribution in [0.25, 0.3) is 16.9 Å². The van der Waals surface area contributed by atoms with E-state index in [-0.39, 0.29) is 17.6 Å². The van der Waals surface area contributed by atoms with Crippen LogP contribution in [0.2, 0.25) is 0 Å². The Morgan fingerprint density at radius 2 is 2.07 bits per heavy atom. The number of piperidine rings is 1. The van der Waals surface area contributed by atoms with Crippen molar-refractivity contribution in [1.29, 1.82) is 0 Å². The van der Waals surface area contributed by atoms with Crippen LogP contribution in [0.3, 0.4) is 0 Å². The third-order valence-electron chi connectivity index (χ3n) is 8.54. The van der Waals surface area contributed by atoms with Crippen molar-refractivity contribution in [1.82, 2.24) is 34.8 Å². The number of nitrogens with one attached hydrogen (secondary N) is 2. The Kier molecular flexibility index (Phi) is 8.06. The maximum absolute atomic E-state index is 13.6. The number of amides is 1. The van der Waals surface area contributed by atoms with Crippen LogP contribution in [0.4, 0.5) is 10.3 Å². The van der Waals surface area contributed by atoms with E-state index in [4.69, 9.17) is 19.7 Å². The summed E-state index contributed by atoms with van der Waals surface area (Å²) < 4.78 is 21.6. The number of ether oxygens (including phenoxy) is 1. The zero-order valence-corrected chi connectivity index (χ0v) is 25.7. The molecule has 230 valence electrons. The summed E-state index contributed by atoms with van der Waals surface area (Å²) in [6, 6.07) is 10.3. The molecule has 4 aromatic rings. The molecule has 0 bridgehead atoms. The molecule has 2 aliphatic rings. The third-order valence-corrected chi connectivity index (χ3v) is 8.54. The van der Waals surface area contributed by atoms with Crippen molar-refractivity contribution < 1.29 is 13.9 Å². The van der Waals surface area contributed by atoms with E-state index in [9.17, 15) is 9.18 Å². The molecule has 2 N–H and O–H groups in total. The Bertz CT molecular complexity index is 1710. The lowest BCUT2D eigenvalue weighted by atomic mass is 9.92. The van der Waals surface area contributed by atoms with Crippen LogP contribution < -0.4 is 15.4 Å². The maximum atomic E-state index is 13.6. The molecule has 3 aromatic heterocycles. The standard InChI is InChI=1S/C33H39FN8O2/c1-20(2)27-18-38-42-29(27)39-32(44-24-10-13-33(4,5)37-17-24)40-31(42)36-16-22-8-6-7-9-25(22)28-26-12-15-41(30(43)21(3)34)19-23(26)11-14-35-28/h6-9,11,14,18,20,24,37H,3,10,12-13,15-17,19H2,1-2,4-5H3,(H,36,39,40). The molecule has 1 unspecified atom stereocenters. The van der Waals surface area contributed by atoms with Crippen LogP contribution in [-0.4, -0.2) is 60.1 Å². The second kappa shape index (κ2) is 12.0. The molecule has 5 heterocycles. The summed E-state index contributed by atoms with van der Waals surface area (Å²) in [7, 11) is 0. The fourth-order valence-corrected chi connectivity index (χ4v) is 5.95. The molecule has 10 nitrogen and oxygen atoms in total. The zero-order valence-electron chi connectivity index (χ0n) is 25.7. The number of benzene rings is 1. The number of halogens is 1. The fraction of sp³-hybridized carbons (Fsp3) is 0.424. The molecule has 1 amide bonds. The minimum atomic E-state index is -0.941. The number of carbonyl (C=O) groups excluding carboxylic acids is 1. The Morgan fingerprint density at radius 1 is 1.25 bits per heavy atom. The van der Waals surface area contributed by atoms with E-state index in [2.05, 4.69) is 56.1 Å². The van der Waals surface area contributed by atoms with E-state index in [0.717, 1.165) is 58.5 Å². The van der Waals surface area contributed by atoms with Crippen LogP contribution in [0.5, 0.6) is 6.01 Å². The van der Waals surface area contributed by atoms with E-state index in [1.807, 2.05) is 30.5 Å². The number of hydrogen-bond donors (Lipinski definition) is 2. The first-order valence-electron chi connectivity index (χ1n) is 15.2. The highest BCUT2D eigenvalue weighted by atomic mass is 19.1. The van der Waals surface area contributed by atoms with Crippen LogP contribution in [-0.2, 0) is 24.3 Å². The second-order valence-corrected chi connectivity index (χ2v) is 12.6. The predicted molar refractivity (Wildman–Crippen MR) is 167 cm³/mol. The first-order valence-corrected chi connectivity index (χ1v) is 15.2. The Hall–Kier alpha value is -4.38. The number of fused-ring (bicyclic) bond motifs is 2. The molecule has 1 aromatic carbocycles. The van der Waals surface area contributed by atoms with Crippen molar-refractivity contribution >= 4 is 17.5 Å². The molecule has 0 aliphatic carbocycles. The number of hydrogen-bond acceptors (Lipinski definition) is 8. The molecular formula is C33H39FN8O2. The Labute approximate surface area is 256 Å². The minimum Gasteiger partial charge on any atom is -0.459 e. The summed E-state index contributed by atoms with van der Waals surface area (Å²) in [6.07, 6.45) is 6.06. The second-order valence-electron chi connectivity index (χ2n) is 12.6. The molecule has 1 atom stereocenters. The monoisotopic (exact) mass is 598 g/mol. The van der Waals surface area contributed by atoms with E-state index in [0.29, 0.717) is 38.0 Å². The van der Waals surface area contributed by atoms with Gasteiger partial charge in [0.05, 0.1) is 11.9 Å². The molecule has 0 saturated carbocycles. The normalized spacial score (nSPS) is 17.9. The van der Waals surface area contributed by atoms with Gasteiger partial charge in [-0.3, -0.25) is 9.78 Å². The van der Waals surface area contributed by atoms with Crippen LogP contribution in [0, 0.1) is 0 Å². The van der Waals surface area contributed by atoms with E-state index >= 15 is 0 Å². The van der Waals surface area contributed by atoms with Crippen LogP contribution in [0.15, 0.2) is 55.1 Å². The first-order chi connectivity index (χ1) is 21.1. The molecule has 2 aliphatic heterocycles. The summed E-state index contributed by atoms with van der Waals surface area (Å²) in [5.41, 5.74) is 6.71. The van der Waals surface area contributed by atoms with Gasteiger partial charge >= 0.3 is 6.01 Å². The number of rotatable bonds is 8. The summed E-state index contributed by atoms with van der Waals surface area (Å²) in [4.78, 5) is 28.0. The number of pyridine rings is 1. The Morgan fingerprint density at radius 3 is 2.82 bits per heavy atom. The van der Waals surface area contributed by atoms with Gasteiger partial charge in [-0.2, -0.15) is 19.6 Å². The first kappa shape index (κ1) is 29.7. The molecule has 1 saturated heterocycles. The van der Waals surface area contributed by atoms with Gasteiger partial charge in [0.2, 0.25) is 5.95 Å². The molecule has 0 radical (unpaired) electrons. The Balaban J connectivity index is 1.28. The van der Waals surface area contributed by atoms with Crippen LogP contribution >= 0.6 is 0 Å². The van der Waals surface area contributed by atoms with Gasteiger partial charge in [0.15, 0.2) is 11.5 Å². The number of anilines is 1. The highest BCUT2D eigenvalue weighted by Gasteiger charge is 2.29. The number of carbonyl (C=O) groups is 1. The van der Waals surface area contributed by atoms with Crippen molar-refractivity contribution in [2.45, 2.75) is 77.6 Å². The lowest BCUT2D eigenvalue weighted by Gasteiger charge is -2.35. The average molecular weight is 599 g/mol. The van der Waals surface area contributed by atoms with Gasteiger partial charge < -0.3 is 20.3 Å². The number of aromatic nitrogens is 5. The predicted octanol–water partition coefficient (Wildman–Crippen LogP) is 5.20. The van der Waals surface area contributed by atoms with Crippen molar-refractivity contribution in [2.75, 3.05) is 18.4 Å². The van der Waals surface area contributed by atoms with Crippen molar-refractivity contribution in [3.8, 4) is 17.3 Å². The van der Waals surface area contributed by atoms with Gasteiger partial charge in [-0.1, -0.05) is 44.7 Å². The molecule has 44 heavy (non-hydrogen) atoms. The summed E-state index contributed by atoms with van der Waals surface area (Å²) in [5.74, 6) is -0.838. The topological polar surface area (TPSA) is 110 Å². The highest BCUT2D eigenvalue weighted by molar-refractivity contribution is 5.90. The summed E-state index contributed by atoms with van der Waals surface area (Å²) in [5, 5.41) is 11.7. The highest BCUT2D eigenvalue weighted by Crippen LogP contribution is 2.32. The van der Waals surface area contributed by atoms with Crippen molar-refractivity contribution in [3.05, 3.63) is 77.4 Å². The lowest BCUT2D eigenvalue weighted by Crippen LogP contribution is -2.50. The molecule has 1 fully saturated rings. The number of nitrogens with zero attached hydrogens (tertiary/aromatic N) is 6. The fourth-order valence-electron chi connectivity index (χ4n) is 5.95. The minimum absolute atomic E-state index is 0.0194. The molecule has 11 heteroatoms. The zero-order chi connectivity index (χ0) is 31.0. The maximum Gasteiger partial charge on any atom is 0.322 e. The molecule has 6 rings (SSSR count). The summed E-state index contributed by atoms with van der Waals surface area (Å²) >= 11 is 0. The molecular weight excluding hydrogens is 559 g/mol. The van der Waals surface area contributed by atoms with Gasteiger partial charge in [0, 0.05) is 49.0 Å². The smallest absolute Gasteiger partial charge is 0.322 e. The SMILES string of the molecule is C=C(F)C(=O)N1CCc2c(ccnc2-c2ccccc2CNc2nc(OC3CCC(C)(C)NC3)nc3c(C(C)C)cnn23)C1. The van der Waals surface area contributed by atoms with E-state index in [1.165, 1.54) is 4.90 Å². The van der Waals surface area contributed by atoms with E-state index in [1.54, 1.807) is 10.7 Å². The van der Waals surface area contributed by atoms with Gasteiger partial charge in [-0.25, -0.2) is 4.39 Å². The average Bonchev–Trinajstić information content (AvgIpc) is 3.45. The van der Waals surface area contributed by atoms with Gasteiger partial charge in [0.25, 0.3) is 5.91 Å². The third kappa shape index (κ3) is 6.01. The largest absolute Gasteiger partial charge is 0.459 e. The van der Waals surface area contributed by atoms with Crippen molar-refractivity contribution in [3.63, 3.8) is 0 Å². The van der Waals surface area contributed by atoms with Gasteiger partial charge in [-0.15, -0.1) is 0 Å². The van der Waals surface area contributed by atoms with Crippen LogP contribution in [0.1, 0.15) is 68.7 Å². The lowest BCUT2D eigenvalue weighted by molar-refractivity contribution is -0.129. The van der Waals surface area contributed by atoms with Gasteiger partial charge in [-0.05, 0) is 61.8 Å². The summed E-state index contributed by atoms with van der Waals surface area (Å²) in [6.45, 7) is 13.7. The quantitative estimate of drug-likeness (QED) is 0.267. The molecule has 0 spiro atoms. The van der Waals surface area contributed by atoms with E-state index < -0.39 is 11.7 Å².